The summed E-state index contributed by atoms with van der Waals surface area (Å²) in [4.78, 5) is 8.34. The number of hydrogen-bond donors (Lipinski definition) is 2. The molecule has 0 aliphatic heterocycles. The van der Waals surface area contributed by atoms with Crippen molar-refractivity contribution in [1.29, 1.82) is 0 Å². The number of hydrogen-bond acceptors (Lipinski definition) is 6. The number of anilines is 1. The van der Waals surface area contributed by atoms with Crippen LogP contribution in [-0.4, -0.2) is 34.8 Å². The van der Waals surface area contributed by atoms with Crippen molar-refractivity contribution in [2.45, 2.75) is 26.1 Å². The van der Waals surface area contributed by atoms with E-state index in [1.807, 2.05) is 32.0 Å². The minimum absolute atomic E-state index is 0.000517. The van der Waals surface area contributed by atoms with E-state index in [1.54, 1.807) is 25.6 Å². The van der Waals surface area contributed by atoms with E-state index in [9.17, 15) is 5.11 Å². The molecule has 6 heteroatoms. The highest BCUT2D eigenvalue weighted by Gasteiger charge is 2.12. The van der Waals surface area contributed by atoms with E-state index >= 15 is 0 Å². The first-order valence-electron chi connectivity index (χ1n) is 7.13. The van der Waals surface area contributed by atoms with E-state index < -0.39 is 6.10 Å². The maximum Gasteiger partial charge on any atom is 0.257 e. The Labute approximate surface area is 130 Å². The van der Waals surface area contributed by atoms with Gasteiger partial charge in [-0.2, -0.15) is 0 Å². The zero-order chi connectivity index (χ0) is 15.9. The Morgan fingerprint density at radius 2 is 2.00 bits per heavy atom. The number of benzene rings is 1. The number of ether oxygens (including phenoxy) is 2. The second kappa shape index (κ2) is 7.61. The average molecular weight is 303 g/mol. The predicted octanol–water partition coefficient (Wildman–Crippen LogP) is 2.42. The summed E-state index contributed by atoms with van der Waals surface area (Å²) >= 11 is 0. The van der Waals surface area contributed by atoms with Crippen LogP contribution in [0.1, 0.15) is 25.5 Å². The molecule has 0 amide bonds. The summed E-state index contributed by atoms with van der Waals surface area (Å²) in [5.74, 6) is 1.65. The van der Waals surface area contributed by atoms with Crippen molar-refractivity contribution in [2.75, 3.05) is 19.0 Å². The van der Waals surface area contributed by atoms with Crippen molar-refractivity contribution in [2.24, 2.45) is 0 Å². The Balaban J connectivity index is 2.03. The summed E-state index contributed by atoms with van der Waals surface area (Å²) in [5.41, 5.74) is 0.766. The standard InChI is InChI=1S/C16H21N3O3/c1-11(2)22-16-15(17-7-8-18-16)19-10-14(20)12-5-4-6-13(9-12)21-3/h4-9,11,14,20H,10H2,1-3H3,(H,17,19). The van der Waals surface area contributed by atoms with Crippen LogP contribution in [0.15, 0.2) is 36.7 Å². The molecule has 0 saturated heterocycles. The fourth-order valence-corrected chi connectivity index (χ4v) is 1.92. The highest BCUT2D eigenvalue weighted by molar-refractivity contribution is 5.45. The van der Waals surface area contributed by atoms with E-state index in [0.29, 0.717) is 24.0 Å². The Hall–Kier alpha value is -2.34. The lowest BCUT2D eigenvalue weighted by atomic mass is 10.1. The molecule has 1 heterocycles. The molecule has 1 atom stereocenters. The van der Waals surface area contributed by atoms with Crippen LogP contribution in [0.2, 0.25) is 0 Å². The minimum Gasteiger partial charge on any atom is -0.497 e. The maximum absolute atomic E-state index is 10.3. The van der Waals surface area contributed by atoms with Gasteiger partial charge >= 0.3 is 0 Å². The van der Waals surface area contributed by atoms with Gasteiger partial charge in [0, 0.05) is 18.9 Å². The fraction of sp³-hybridized carbons (Fsp3) is 0.375. The van der Waals surface area contributed by atoms with Crippen molar-refractivity contribution in [3.8, 4) is 11.6 Å². The topological polar surface area (TPSA) is 76.5 Å². The number of aliphatic hydroxyl groups excluding tert-OH is 1. The maximum atomic E-state index is 10.3. The van der Waals surface area contributed by atoms with Crippen LogP contribution in [0.3, 0.4) is 0 Å². The summed E-state index contributed by atoms with van der Waals surface area (Å²) in [6.45, 7) is 4.13. The third kappa shape index (κ3) is 4.33. The summed E-state index contributed by atoms with van der Waals surface area (Å²) in [7, 11) is 1.60. The quantitative estimate of drug-likeness (QED) is 0.818. The Kier molecular flexibility index (Phi) is 5.55. The van der Waals surface area contributed by atoms with Gasteiger partial charge in [0.15, 0.2) is 5.82 Å². The van der Waals surface area contributed by atoms with Gasteiger partial charge < -0.3 is 19.9 Å². The number of nitrogens with one attached hydrogen (secondary N) is 1. The number of aliphatic hydroxyl groups is 1. The van der Waals surface area contributed by atoms with Crippen molar-refractivity contribution in [3.05, 3.63) is 42.2 Å². The van der Waals surface area contributed by atoms with E-state index in [2.05, 4.69) is 15.3 Å². The fourth-order valence-electron chi connectivity index (χ4n) is 1.92. The first kappa shape index (κ1) is 16.0. The molecule has 6 nitrogen and oxygen atoms in total. The number of aromatic nitrogens is 2. The van der Waals surface area contributed by atoms with Crippen LogP contribution < -0.4 is 14.8 Å². The van der Waals surface area contributed by atoms with Crippen molar-refractivity contribution in [1.82, 2.24) is 9.97 Å². The Morgan fingerprint density at radius 3 is 2.73 bits per heavy atom. The molecule has 0 fully saturated rings. The third-order valence-electron chi connectivity index (χ3n) is 2.95. The number of rotatable bonds is 7. The van der Waals surface area contributed by atoms with E-state index in [0.717, 1.165) is 5.56 Å². The molecule has 2 N–H and O–H groups in total. The van der Waals surface area contributed by atoms with Gasteiger partial charge in [0.1, 0.15) is 5.75 Å². The van der Waals surface area contributed by atoms with Crippen molar-refractivity contribution >= 4 is 5.82 Å². The Bertz CT molecular complexity index is 605. The van der Waals surface area contributed by atoms with Gasteiger partial charge in [-0.05, 0) is 31.5 Å². The first-order valence-corrected chi connectivity index (χ1v) is 7.13. The van der Waals surface area contributed by atoms with Gasteiger partial charge in [-0.3, -0.25) is 0 Å². The summed E-state index contributed by atoms with van der Waals surface area (Å²) in [6, 6.07) is 7.32. The molecule has 22 heavy (non-hydrogen) atoms. The van der Waals surface area contributed by atoms with E-state index in [-0.39, 0.29) is 6.10 Å². The Morgan fingerprint density at radius 1 is 1.23 bits per heavy atom. The number of nitrogens with zero attached hydrogens (tertiary/aromatic N) is 2. The van der Waals surface area contributed by atoms with Gasteiger partial charge in [0.2, 0.25) is 0 Å². The van der Waals surface area contributed by atoms with Gasteiger partial charge in [0.25, 0.3) is 5.88 Å². The van der Waals surface area contributed by atoms with Gasteiger partial charge in [0.05, 0.1) is 19.3 Å². The molecule has 0 aliphatic rings. The zero-order valence-corrected chi connectivity index (χ0v) is 13.0. The highest BCUT2D eigenvalue weighted by atomic mass is 16.5. The number of methoxy groups -OCH3 is 1. The molecule has 0 saturated carbocycles. The van der Waals surface area contributed by atoms with Crippen LogP contribution in [0.5, 0.6) is 11.6 Å². The van der Waals surface area contributed by atoms with E-state index in [1.165, 1.54) is 0 Å². The smallest absolute Gasteiger partial charge is 0.257 e. The monoisotopic (exact) mass is 303 g/mol. The van der Waals surface area contributed by atoms with Crippen LogP contribution >= 0.6 is 0 Å². The SMILES string of the molecule is COc1cccc(C(O)CNc2nccnc2OC(C)C)c1. The summed E-state index contributed by atoms with van der Waals surface area (Å²) in [5, 5.41) is 13.3. The van der Waals surface area contributed by atoms with Crippen molar-refractivity contribution < 1.29 is 14.6 Å². The predicted molar refractivity (Wildman–Crippen MR) is 84.2 cm³/mol. The lowest BCUT2D eigenvalue weighted by Gasteiger charge is -2.16. The molecule has 0 aliphatic carbocycles. The molecule has 2 rings (SSSR count). The minimum atomic E-state index is -0.691. The van der Waals surface area contributed by atoms with Crippen LogP contribution in [0.4, 0.5) is 5.82 Å². The first-order chi connectivity index (χ1) is 10.6. The summed E-state index contributed by atoms with van der Waals surface area (Å²) < 4.78 is 10.7. The zero-order valence-electron chi connectivity index (χ0n) is 13.0. The van der Waals surface area contributed by atoms with Crippen LogP contribution in [-0.2, 0) is 0 Å². The average Bonchev–Trinajstić information content (AvgIpc) is 2.53. The van der Waals surface area contributed by atoms with Gasteiger partial charge in [-0.1, -0.05) is 12.1 Å². The van der Waals surface area contributed by atoms with Crippen molar-refractivity contribution in [3.63, 3.8) is 0 Å². The van der Waals surface area contributed by atoms with Crippen LogP contribution in [0, 0.1) is 0 Å². The molecular formula is C16H21N3O3. The third-order valence-corrected chi connectivity index (χ3v) is 2.95. The highest BCUT2D eigenvalue weighted by Crippen LogP contribution is 2.22. The molecule has 1 unspecified atom stereocenters. The molecule has 2 aromatic rings. The van der Waals surface area contributed by atoms with Gasteiger partial charge in [-0.25, -0.2) is 9.97 Å². The van der Waals surface area contributed by atoms with E-state index in [4.69, 9.17) is 9.47 Å². The second-order valence-corrected chi connectivity index (χ2v) is 5.05. The molecule has 0 bridgehead atoms. The molecule has 1 aromatic heterocycles. The second-order valence-electron chi connectivity index (χ2n) is 5.05. The molecule has 0 radical (unpaired) electrons. The summed E-state index contributed by atoms with van der Waals surface area (Å²) in [6.07, 6.45) is 2.46. The van der Waals surface area contributed by atoms with Crippen LogP contribution in [0.25, 0.3) is 0 Å². The largest absolute Gasteiger partial charge is 0.497 e. The molecule has 1 aromatic carbocycles. The molecule has 0 spiro atoms. The lowest BCUT2D eigenvalue weighted by Crippen LogP contribution is -2.15. The normalized spacial score (nSPS) is 12.0. The lowest BCUT2D eigenvalue weighted by molar-refractivity contribution is 0.190. The molecule has 118 valence electrons. The molecular weight excluding hydrogens is 282 g/mol. The van der Waals surface area contributed by atoms with Gasteiger partial charge in [-0.15, -0.1) is 0 Å².